The third-order valence-electron chi connectivity index (χ3n) is 1.85. The Bertz CT molecular complexity index is 428. The molecule has 0 N–H and O–H groups in total. The Balaban J connectivity index is 1.83. The molecule has 2 nitrogen and oxygen atoms in total. The Hall–Kier alpha value is 0.299. The van der Waals surface area contributed by atoms with Gasteiger partial charge in [-0.2, -0.15) is 0 Å². The summed E-state index contributed by atoms with van der Waals surface area (Å²) in [5.74, 6) is 0. The van der Waals surface area contributed by atoms with Crippen molar-refractivity contribution in [3.05, 3.63) is 45.9 Å². The molecule has 6 heteroatoms. The third-order valence-corrected chi connectivity index (χ3v) is 8.27. The SMILES string of the molecule is Brc1ccc([Se]C[Se]c2ccc(Br)nc2)cn1. The van der Waals surface area contributed by atoms with Gasteiger partial charge in [-0.1, -0.05) is 0 Å². The molecule has 0 aromatic carbocycles. The molecule has 0 spiro atoms. The summed E-state index contributed by atoms with van der Waals surface area (Å²) in [7, 11) is 0. The fourth-order valence-electron chi connectivity index (χ4n) is 1.06. The Morgan fingerprint density at radius 3 is 1.65 bits per heavy atom. The first kappa shape index (κ1) is 13.7. The third kappa shape index (κ3) is 4.82. The van der Waals surface area contributed by atoms with Crippen molar-refractivity contribution in [2.45, 2.75) is 4.22 Å². The van der Waals surface area contributed by atoms with Gasteiger partial charge in [0.1, 0.15) is 0 Å². The molecule has 0 saturated heterocycles. The van der Waals surface area contributed by atoms with Gasteiger partial charge in [0.05, 0.1) is 0 Å². The molecule has 0 aliphatic rings. The number of aromatic nitrogens is 2. The van der Waals surface area contributed by atoms with Crippen LogP contribution in [0.3, 0.4) is 0 Å². The van der Waals surface area contributed by atoms with Crippen LogP contribution in [0.4, 0.5) is 0 Å². The van der Waals surface area contributed by atoms with E-state index in [1.54, 1.807) is 0 Å². The zero-order valence-electron chi connectivity index (χ0n) is 8.64. The molecule has 2 rings (SSSR count). The van der Waals surface area contributed by atoms with Crippen LogP contribution >= 0.6 is 31.9 Å². The first-order chi connectivity index (χ1) is 8.24. The van der Waals surface area contributed by atoms with Crippen LogP contribution in [0.25, 0.3) is 0 Å². The molecule has 2 heterocycles. The van der Waals surface area contributed by atoms with Crippen LogP contribution in [-0.4, -0.2) is 39.9 Å². The van der Waals surface area contributed by atoms with Gasteiger partial charge < -0.3 is 0 Å². The Morgan fingerprint density at radius 1 is 0.824 bits per heavy atom. The molecule has 0 aliphatic heterocycles. The maximum absolute atomic E-state index is 4.24. The maximum atomic E-state index is 4.24. The van der Waals surface area contributed by atoms with E-state index in [9.17, 15) is 0 Å². The summed E-state index contributed by atoms with van der Waals surface area (Å²) >= 11 is 7.72. The van der Waals surface area contributed by atoms with Crippen molar-refractivity contribution >= 4 is 70.7 Å². The van der Waals surface area contributed by atoms with Gasteiger partial charge in [-0.15, -0.1) is 0 Å². The van der Waals surface area contributed by atoms with Gasteiger partial charge in [0, 0.05) is 0 Å². The predicted molar refractivity (Wildman–Crippen MR) is 79.5 cm³/mol. The molecule has 0 bridgehead atoms. The Morgan fingerprint density at radius 2 is 1.29 bits per heavy atom. The van der Waals surface area contributed by atoms with Crippen molar-refractivity contribution in [3.8, 4) is 0 Å². The van der Waals surface area contributed by atoms with Crippen LogP contribution in [0.5, 0.6) is 0 Å². The topological polar surface area (TPSA) is 25.8 Å². The van der Waals surface area contributed by atoms with E-state index < -0.39 is 0 Å². The molecule has 0 saturated carbocycles. The molecule has 0 atom stereocenters. The van der Waals surface area contributed by atoms with Gasteiger partial charge in [0.25, 0.3) is 0 Å². The number of nitrogens with zero attached hydrogens (tertiary/aromatic N) is 2. The summed E-state index contributed by atoms with van der Waals surface area (Å²) in [5.41, 5.74) is 0. The van der Waals surface area contributed by atoms with Gasteiger partial charge in [-0.3, -0.25) is 0 Å². The summed E-state index contributed by atoms with van der Waals surface area (Å²) < 4.78 is 5.76. The van der Waals surface area contributed by atoms with E-state index >= 15 is 0 Å². The fourth-order valence-corrected chi connectivity index (χ4v) is 7.06. The molecular formula is C11H8Br2N2Se2. The average molecular weight is 486 g/mol. The number of halogens is 2. The van der Waals surface area contributed by atoms with Gasteiger partial charge in [0.15, 0.2) is 0 Å². The zero-order valence-corrected chi connectivity index (χ0v) is 15.2. The Labute approximate surface area is 130 Å². The summed E-state index contributed by atoms with van der Waals surface area (Å²) in [6.07, 6.45) is 3.92. The molecule has 2 aromatic rings. The standard InChI is InChI=1S/C11H8Br2N2Se2/c12-10-3-1-8(5-14-10)16-7-17-9-2-4-11(13)15-6-9/h1-6H,7H2. The second-order valence-corrected chi connectivity index (χ2v) is 10.9. The van der Waals surface area contributed by atoms with E-state index in [1.165, 1.54) is 13.1 Å². The van der Waals surface area contributed by atoms with E-state index in [2.05, 4.69) is 54.0 Å². The zero-order chi connectivity index (χ0) is 12.1. The number of hydrogen-bond acceptors (Lipinski definition) is 2. The first-order valence-electron chi connectivity index (χ1n) is 4.73. The second kappa shape index (κ2) is 7.03. The van der Waals surface area contributed by atoms with Crippen LogP contribution in [0.1, 0.15) is 0 Å². The van der Waals surface area contributed by atoms with Gasteiger partial charge in [0.2, 0.25) is 0 Å². The molecule has 0 amide bonds. The van der Waals surface area contributed by atoms with Crippen molar-refractivity contribution in [1.82, 2.24) is 9.97 Å². The van der Waals surface area contributed by atoms with Gasteiger partial charge >= 0.3 is 131 Å². The monoisotopic (exact) mass is 486 g/mol. The minimum absolute atomic E-state index is 0.515. The molecule has 88 valence electrons. The molecule has 0 aliphatic carbocycles. The minimum atomic E-state index is 0.515. The van der Waals surface area contributed by atoms with Crippen molar-refractivity contribution in [1.29, 1.82) is 0 Å². The molecular weight excluding hydrogens is 478 g/mol. The summed E-state index contributed by atoms with van der Waals surface area (Å²) in [6, 6.07) is 8.30. The van der Waals surface area contributed by atoms with Gasteiger partial charge in [-0.05, 0) is 0 Å². The Kier molecular flexibility index (Phi) is 5.67. The quantitative estimate of drug-likeness (QED) is 0.487. The van der Waals surface area contributed by atoms with Crippen molar-refractivity contribution in [2.24, 2.45) is 0 Å². The van der Waals surface area contributed by atoms with E-state index in [1.807, 2.05) is 24.5 Å². The average Bonchev–Trinajstić information content (AvgIpc) is 2.34. The van der Waals surface area contributed by atoms with E-state index in [-0.39, 0.29) is 0 Å². The van der Waals surface area contributed by atoms with Crippen molar-refractivity contribution < 1.29 is 0 Å². The molecule has 0 unspecified atom stereocenters. The van der Waals surface area contributed by atoms with Crippen molar-refractivity contribution in [3.63, 3.8) is 0 Å². The van der Waals surface area contributed by atoms with Crippen LogP contribution < -0.4 is 8.92 Å². The summed E-state index contributed by atoms with van der Waals surface area (Å²) in [6.45, 7) is 0. The van der Waals surface area contributed by atoms with Crippen LogP contribution in [-0.2, 0) is 0 Å². The first-order valence-corrected chi connectivity index (χ1v) is 10.4. The van der Waals surface area contributed by atoms with Crippen LogP contribution in [0, 0.1) is 0 Å². The summed E-state index contributed by atoms with van der Waals surface area (Å²) in [4.78, 5) is 8.47. The number of rotatable bonds is 4. The van der Waals surface area contributed by atoms with Crippen molar-refractivity contribution in [2.75, 3.05) is 0 Å². The van der Waals surface area contributed by atoms with Crippen LogP contribution in [0.15, 0.2) is 45.9 Å². The van der Waals surface area contributed by atoms with E-state index in [0.717, 1.165) is 9.21 Å². The van der Waals surface area contributed by atoms with Crippen LogP contribution in [0.2, 0.25) is 4.22 Å². The molecule has 2 aromatic heterocycles. The molecule has 17 heavy (non-hydrogen) atoms. The number of hydrogen-bond donors (Lipinski definition) is 0. The molecule has 0 fully saturated rings. The second-order valence-electron chi connectivity index (χ2n) is 3.04. The fraction of sp³-hybridized carbons (Fsp3) is 0.0909. The number of pyridine rings is 2. The normalized spacial score (nSPS) is 10.5. The summed E-state index contributed by atoms with van der Waals surface area (Å²) in [5, 5.41) is 0. The predicted octanol–water partition coefficient (Wildman–Crippen LogP) is 1.74. The van der Waals surface area contributed by atoms with E-state index in [0.29, 0.717) is 29.9 Å². The molecule has 0 radical (unpaired) electrons. The van der Waals surface area contributed by atoms with Gasteiger partial charge in [-0.25, -0.2) is 0 Å². The van der Waals surface area contributed by atoms with E-state index in [4.69, 9.17) is 0 Å².